The summed E-state index contributed by atoms with van der Waals surface area (Å²) in [4.78, 5) is 26.1. The zero-order valence-corrected chi connectivity index (χ0v) is 18.5. The minimum absolute atomic E-state index is 0.0288. The molecule has 1 aromatic carbocycles. The van der Waals surface area contributed by atoms with Crippen LogP contribution in [0, 0.1) is 23.5 Å². The molecule has 1 saturated heterocycles. The van der Waals surface area contributed by atoms with E-state index in [-0.39, 0.29) is 45.0 Å². The van der Waals surface area contributed by atoms with Crippen LogP contribution in [0.1, 0.15) is 35.7 Å². The number of aromatic nitrogens is 1. The highest BCUT2D eigenvalue weighted by molar-refractivity contribution is 9.10. The second kappa shape index (κ2) is 7.41. The van der Waals surface area contributed by atoms with Crippen LogP contribution < -0.4 is 15.6 Å². The Labute approximate surface area is 185 Å². The zero-order valence-electron chi connectivity index (χ0n) is 16.9. The molecule has 0 spiro atoms. The molecule has 3 atom stereocenters. The van der Waals surface area contributed by atoms with Crippen molar-refractivity contribution in [1.29, 1.82) is 0 Å². The van der Waals surface area contributed by atoms with Gasteiger partial charge in [-0.2, -0.15) is 0 Å². The van der Waals surface area contributed by atoms with Gasteiger partial charge in [0.2, 0.25) is 5.43 Å². The zero-order chi connectivity index (χ0) is 22.0. The molecule has 31 heavy (non-hydrogen) atoms. The number of aromatic carboxylic acids is 1. The van der Waals surface area contributed by atoms with Crippen molar-refractivity contribution in [2.24, 2.45) is 11.8 Å². The molecule has 9 heteroatoms. The van der Waals surface area contributed by atoms with Crippen molar-refractivity contribution in [2.45, 2.75) is 31.3 Å². The fraction of sp³-hybridized carbons (Fsp3) is 0.455. The Morgan fingerprint density at radius 3 is 2.65 bits per heavy atom. The largest absolute Gasteiger partial charge is 0.477 e. The highest BCUT2D eigenvalue weighted by Crippen LogP contribution is 2.44. The van der Waals surface area contributed by atoms with Crippen LogP contribution in [-0.2, 0) is 0 Å². The molecule has 2 aliphatic carbocycles. The van der Waals surface area contributed by atoms with Crippen LogP contribution in [0.3, 0.4) is 0 Å². The number of allylic oxidation sites excluding steroid dienone is 1. The number of carbonyl (C=O) groups is 1. The van der Waals surface area contributed by atoms with Gasteiger partial charge in [-0.05, 0) is 48.2 Å². The van der Waals surface area contributed by atoms with Crippen molar-refractivity contribution in [3.05, 3.63) is 50.2 Å². The summed E-state index contributed by atoms with van der Waals surface area (Å²) < 4.78 is 32.8. The number of carboxylic acids is 1. The minimum atomic E-state index is -1.41. The number of hydrogen-bond donors (Lipinski definition) is 2. The van der Waals surface area contributed by atoms with Gasteiger partial charge in [0.1, 0.15) is 11.3 Å². The Kier molecular flexibility index (Phi) is 4.93. The smallest absolute Gasteiger partial charge is 0.341 e. The first-order valence-electron chi connectivity index (χ1n) is 10.4. The molecule has 6 nitrogen and oxygen atoms in total. The van der Waals surface area contributed by atoms with Crippen LogP contribution in [-0.4, -0.2) is 41.8 Å². The van der Waals surface area contributed by atoms with E-state index in [4.69, 9.17) is 0 Å². The molecule has 5 rings (SSSR count). The maximum Gasteiger partial charge on any atom is 0.341 e. The summed E-state index contributed by atoms with van der Waals surface area (Å²) in [6.45, 7) is 1.01. The minimum Gasteiger partial charge on any atom is -0.477 e. The molecule has 0 amide bonds. The lowest BCUT2D eigenvalue weighted by Crippen LogP contribution is -2.38. The molecule has 0 bridgehead atoms. The lowest BCUT2D eigenvalue weighted by Gasteiger charge is -2.28. The maximum absolute atomic E-state index is 15.9. The Morgan fingerprint density at radius 2 is 2.00 bits per heavy atom. The highest BCUT2D eigenvalue weighted by Gasteiger charge is 2.41. The van der Waals surface area contributed by atoms with Crippen LogP contribution >= 0.6 is 15.9 Å². The molecule has 3 aliphatic rings. The van der Waals surface area contributed by atoms with Gasteiger partial charge in [-0.25, -0.2) is 13.6 Å². The SMILES string of the molecule is CNC1C=CCC2CN(c3c(F)c(Br)c4c(=O)c(C(=O)O)cn(C5CC5)c4c3F)CC21. The molecule has 1 aromatic heterocycles. The molecule has 164 valence electrons. The number of hydrogen-bond acceptors (Lipinski definition) is 4. The Morgan fingerprint density at radius 1 is 1.26 bits per heavy atom. The summed E-state index contributed by atoms with van der Waals surface area (Å²) in [6.07, 6.45) is 7.77. The summed E-state index contributed by atoms with van der Waals surface area (Å²) in [5, 5.41) is 12.4. The van der Waals surface area contributed by atoms with E-state index < -0.39 is 28.6 Å². The van der Waals surface area contributed by atoms with E-state index in [0.29, 0.717) is 13.1 Å². The fourth-order valence-corrected chi connectivity index (χ4v) is 5.70. The van der Waals surface area contributed by atoms with E-state index in [2.05, 4.69) is 33.4 Å². The highest BCUT2D eigenvalue weighted by atomic mass is 79.9. The van der Waals surface area contributed by atoms with Gasteiger partial charge in [0, 0.05) is 37.3 Å². The molecule has 2 aromatic rings. The number of nitrogens with one attached hydrogen (secondary N) is 1. The third-order valence-corrected chi connectivity index (χ3v) is 7.57. The van der Waals surface area contributed by atoms with E-state index >= 15 is 8.78 Å². The molecule has 1 saturated carbocycles. The average molecular weight is 494 g/mol. The first-order chi connectivity index (χ1) is 14.8. The number of benzene rings is 1. The topological polar surface area (TPSA) is 74.6 Å². The molecule has 1 aliphatic heterocycles. The van der Waals surface area contributed by atoms with Crippen molar-refractivity contribution in [1.82, 2.24) is 9.88 Å². The number of carboxylic acid groups (broad SMARTS) is 1. The van der Waals surface area contributed by atoms with Gasteiger partial charge >= 0.3 is 5.97 Å². The molecule has 2 heterocycles. The van der Waals surface area contributed by atoms with Crippen LogP contribution in [0.4, 0.5) is 14.5 Å². The molecular formula is C22H22BrF2N3O3. The van der Waals surface area contributed by atoms with Gasteiger partial charge in [0.25, 0.3) is 0 Å². The fourth-order valence-electron chi connectivity index (χ4n) is 5.14. The molecule has 2 fully saturated rings. The number of likely N-dealkylation sites (N-methyl/N-ethyl adjacent to an activating group) is 1. The van der Waals surface area contributed by atoms with E-state index in [1.165, 1.54) is 10.8 Å². The van der Waals surface area contributed by atoms with Crippen molar-refractivity contribution in [3.8, 4) is 0 Å². The second-order valence-corrected chi connectivity index (χ2v) is 9.43. The molecule has 0 radical (unpaired) electrons. The number of pyridine rings is 1. The Balaban J connectivity index is 1.71. The first-order valence-corrected chi connectivity index (χ1v) is 11.2. The monoisotopic (exact) mass is 493 g/mol. The van der Waals surface area contributed by atoms with Crippen molar-refractivity contribution < 1.29 is 18.7 Å². The summed E-state index contributed by atoms with van der Waals surface area (Å²) >= 11 is 3.15. The van der Waals surface area contributed by atoms with Crippen molar-refractivity contribution in [3.63, 3.8) is 0 Å². The van der Waals surface area contributed by atoms with Crippen LogP contribution in [0.15, 0.2) is 27.6 Å². The van der Waals surface area contributed by atoms with Gasteiger partial charge in [-0.15, -0.1) is 0 Å². The average Bonchev–Trinajstić information content (AvgIpc) is 3.49. The summed E-state index contributed by atoms with van der Waals surface area (Å²) in [6, 6.07) is 0.0430. The number of fused-ring (bicyclic) bond motifs is 2. The Bertz CT molecular complexity index is 1190. The lowest BCUT2D eigenvalue weighted by atomic mass is 9.82. The van der Waals surface area contributed by atoms with Crippen LogP contribution in [0.2, 0.25) is 0 Å². The second-order valence-electron chi connectivity index (χ2n) is 8.64. The van der Waals surface area contributed by atoms with E-state index in [1.54, 1.807) is 4.90 Å². The molecule has 2 N–H and O–H groups in total. The first kappa shape index (κ1) is 20.6. The standard InChI is InChI=1S/C22H22BrF2N3O3/c1-26-14-4-2-3-10-7-27(8-12(10)14)20-17(24)16(23)15-19(18(20)25)28(11-5-6-11)9-13(21(15)29)22(30)31/h2,4,9-12,14,26H,3,5-8H2,1H3,(H,30,31). The van der Waals surface area contributed by atoms with Gasteiger partial charge in [-0.3, -0.25) is 4.79 Å². The van der Waals surface area contributed by atoms with E-state index in [0.717, 1.165) is 19.3 Å². The predicted molar refractivity (Wildman–Crippen MR) is 117 cm³/mol. The third-order valence-electron chi connectivity index (χ3n) is 6.83. The molecular weight excluding hydrogens is 472 g/mol. The normalized spacial score (nSPS) is 25.3. The maximum atomic E-state index is 15.9. The number of nitrogens with zero attached hydrogens (tertiary/aromatic N) is 2. The van der Waals surface area contributed by atoms with E-state index in [1.807, 2.05) is 7.05 Å². The van der Waals surface area contributed by atoms with Crippen LogP contribution in [0.25, 0.3) is 10.9 Å². The Hall–Kier alpha value is -2.26. The third kappa shape index (κ3) is 3.12. The number of halogens is 3. The van der Waals surface area contributed by atoms with E-state index in [9.17, 15) is 14.7 Å². The van der Waals surface area contributed by atoms with Crippen molar-refractivity contribution in [2.75, 3.05) is 25.0 Å². The molecule has 3 unspecified atom stereocenters. The number of anilines is 1. The summed E-state index contributed by atoms with van der Waals surface area (Å²) in [5.74, 6) is -2.57. The van der Waals surface area contributed by atoms with Crippen molar-refractivity contribution >= 4 is 38.5 Å². The van der Waals surface area contributed by atoms with Gasteiger partial charge < -0.3 is 19.9 Å². The van der Waals surface area contributed by atoms with Gasteiger partial charge in [0.05, 0.1) is 15.4 Å². The lowest BCUT2D eigenvalue weighted by molar-refractivity contribution is 0.0694. The van der Waals surface area contributed by atoms with Gasteiger partial charge in [-0.1, -0.05) is 12.2 Å². The predicted octanol–water partition coefficient (Wildman–Crippen LogP) is 3.68. The quantitative estimate of drug-likeness (QED) is 0.502. The summed E-state index contributed by atoms with van der Waals surface area (Å²) in [7, 11) is 1.88. The van der Waals surface area contributed by atoms with Crippen LogP contribution in [0.5, 0.6) is 0 Å². The summed E-state index contributed by atoms with van der Waals surface area (Å²) in [5.41, 5.74) is -1.55. The van der Waals surface area contributed by atoms with Gasteiger partial charge in [0.15, 0.2) is 11.6 Å². The number of rotatable bonds is 4.